The van der Waals surface area contributed by atoms with E-state index >= 15 is 0 Å². The van der Waals surface area contributed by atoms with Crippen molar-refractivity contribution in [3.05, 3.63) is 41.6 Å². The van der Waals surface area contributed by atoms with Gasteiger partial charge < -0.3 is 9.64 Å². The SMILES string of the molecule is Cc1nc(C)c(C)c(N2CCC(Oc3ccncc3)CC2)n1. The van der Waals surface area contributed by atoms with Crippen molar-refractivity contribution in [2.45, 2.75) is 39.7 Å². The first-order valence-corrected chi connectivity index (χ1v) is 7.77. The van der Waals surface area contributed by atoms with Crippen molar-refractivity contribution >= 4 is 5.82 Å². The van der Waals surface area contributed by atoms with E-state index in [2.05, 4.69) is 26.8 Å². The minimum Gasteiger partial charge on any atom is -0.490 e. The molecule has 0 N–H and O–H groups in total. The maximum absolute atomic E-state index is 6.02. The molecule has 0 radical (unpaired) electrons. The Morgan fingerprint density at radius 2 is 1.73 bits per heavy atom. The second-order valence-corrected chi connectivity index (χ2v) is 5.79. The van der Waals surface area contributed by atoms with Gasteiger partial charge in [0.25, 0.3) is 0 Å². The van der Waals surface area contributed by atoms with E-state index < -0.39 is 0 Å². The fourth-order valence-corrected chi connectivity index (χ4v) is 2.85. The summed E-state index contributed by atoms with van der Waals surface area (Å²) in [6, 6.07) is 3.82. The molecule has 0 atom stereocenters. The Hall–Kier alpha value is -2.17. The zero-order valence-corrected chi connectivity index (χ0v) is 13.4. The summed E-state index contributed by atoms with van der Waals surface area (Å²) in [4.78, 5) is 15.4. The molecule has 1 aliphatic heterocycles. The zero-order chi connectivity index (χ0) is 15.5. The number of hydrogen-bond acceptors (Lipinski definition) is 5. The summed E-state index contributed by atoms with van der Waals surface area (Å²) in [6.07, 6.45) is 5.80. The third kappa shape index (κ3) is 3.18. The number of hydrogen-bond donors (Lipinski definition) is 0. The number of aromatic nitrogens is 3. The molecule has 0 amide bonds. The standard InChI is InChI=1S/C17H22N4O/c1-12-13(2)19-14(3)20-17(12)21-10-6-16(7-11-21)22-15-4-8-18-9-5-15/h4-5,8-9,16H,6-7,10-11H2,1-3H3. The lowest BCUT2D eigenvalue weighted by Crippen LogP contribution is -2.39. The molecule has 1 aliphatic rings. The molecule has 5 heteroatoms. The van der Waals surface area contributed by atoms with Crippen LogP contribution in [0.4, 0.5) is 5.82 Å². The summed E-state index contributed by atoms with van der Waals surface area (Å²) in [5.74, 6) is 2.82. The number of aryl methyl sites for hydroxylation is 2. The molecule has 116 valence electrons. The van der Waals surface area contributed by atoms with Crippen LogP contribution in [-0.4, -0.2) is 34.1 Å². The van der Waals surface area contributed by atoms with E-state index in [-0.39, 0.29) is 6.10 Å². The molecule has 3 rings (SSSR count). The first kappa shape index (κ1) is 14.8. The Kier molecular flexibility index (Phi) is 4.22. The summed E-state index contributed by atoms with van der Waals surface area (Å²) < 4.78 is 6.02. The van der Waals surface area contributed by atoms with Crippen LogP contribution < -0.4 is 9.64 Å². The van der Waals surface area contributed by atoms with Crippen molar-refractivity contribution in [1.82, 2.24) is 15.0 Å². The molecule has 0 unspecified atom stereocenters. The second kappa shape index (κ2) is 6.30. The predicted octanol–water partition coefficient (Wildman–Crippen LogP) is 2.84. The van der Waals surface area contributed by atoms with E-state index in [4.69, 9.17) is 4.74 Å². The van der Waals surface area contributed by atoms with Gasteiger partial charge in [-0.2, -0.15) is 0 Å². The van der Waals surface area contributed by atoms with Crippen LogP contribution in [0, 0.1) is 20.8 Å². The summed E-state index contributed by atoms with van der Waals surface area (Å²) >= 11 is 0. The number of pyridine rings is 1. The average molecular weight is 298 g/mol. The summed E-state index contributed by atoms with van der Waals surface area (Å²) in [6.45, 7) is 8.03. The van der Waals surface area contributed by atoms with Crippen LogP contribution in [0.1, 0.15) is 29.9 Å². The van der Waals surface area contributed by atoms with Crippen molar-refractivity contribution in [2.75, 3.05) is 18.0 Å². The van der Waals surface area contributed by atoms with Crippen LogP contribution in [0.25, 0.3) is 0 Å². The van der Waals surface area contributed by atoms with E-state index in [1.54, 1.807) is 12.4 Å². The summed E-state index contributed by atoms with van der Waals surface area (Å²) in [5.41, 5.74) is 2.25. The van der Waals surface area contributed by atoms with Gasteiger partial charge in [-0.25, -0.2) is 9.97 Å². The van der Waals surface area contributed by atoms with Crippen LogP contribution in [0.2, 0.25) is 0 Å². The molecule has 0 aliphatic carbocycles. The highest BCUT2D eigenvalue weighted by atomic mass is 16.5. The first-order valence-electron chi connectivity index (χ1n) is 7.77. The number of piperidine rings is 1. The number of ether oxygens (including phenoxy) is 1. The van der Waals surface area contributed by atoms with E-state index in [9.17, 15) is 0 Å². The molecule has 1 saturated heterocycles. The van der Waals surface area contributed by atoms with Crippen LogP contribution >= 0.6 is 0 Å². The lowest BCUT2D eigenvalue weighted by molar-refractivity contribution is 0.170. The maximum atomic E-state index is 6.02. The Balaban J connectivity index is 1.65. The van der Waals surface area contributed by atoms with Gasteiger partial charge in [0.05, 0.1) is 0 Å². The van der Waals surface area contributed by atoms with Crippen molar-refractivity contribution in [3.8, 4) is 5.75 Å². The van der Waals surface area contributed by atoms with Gasteiger partial charge in [0.15, 0.2) is 0 Å². The second-order valence-electron chi connectivity index (χ2n) is 5.79. The van der Waals surface area contributed by atoms with Crippen LogP contribution in [0.5, 0.6) is 5.75 Å². The maximum Gasteiger partial charge on any atom is 0.135 e. The van der Waals surface area contributed by atoms with E-state index in [0.717, 1.165) is 49.0 Å². The van der Waals surface area contributed by atoms with E-state index in [1.165, 1.54) is 5.56 Å². The monoisotopic (exact) mass is 298 g/mol. The molecular weight excluding hydrogens is 276 g/mol. The van der Waals surface area contributed by atoms with Gasteiger partial charge in [0, 0.05) is 49.6 Å². The highest BCUT2D eigenvalue weighted by Crippen LogP contribution is 2.25. The lowest BCUT2D eigenvalue weighted by atomic mass is 10.1. The molecule has 0 spiro atoms. The first-order chi connectivity index (χ1) is 10.6. The van der Waals surface area contributed by atoms with Gasteiger partial charge in [-0.3, -0.25) is 4.98 Å². The highest BCUT2D eigenvalue weighted by molar-refractivity contribution is 5.48. The third-order valence-corrected chi connectivity index (χ3v) is 4.17. The largest absolute Gasteiger partial charge is 0.490 e. The Morgan fingerprint density at radius 1 is 1.05 bits per heavy atom. The van der Waals surface area contributed by atoms with Gasteiger partial charge in [0.2, 0.25) is 0 Å². The van der Waals surface area contributed by atoms with Gasteiger partial charge in [0.1, 0.15) is 23.5 Å². The molecule has 1 fully saturated rings. The number of anilines is 1. The third-order valence-electron chi connectivity index (χ3n) is 4.17. The Bertz CT molecular complexity index is 637. The van der Waals surface area contributed by atoms with Gasteiger partial charge in [-0.05, 0) is 32.9 Å². The Labute approximate surface area is 131 Å². The van der Waals surface area contributed by atoms with Crippen molar-refractivity contribution in [3.63, 3.8) is 0 Å². The van der Waals surface area contributed by atoms with Crippen molar-refractivity contribution < 1.29 is 4.74 Å². The average Bonchev–Trinajstić information content (AvgIpc) is 2.53. The predicted molar refractivity (Wildman–Crippen MR) is 86.3 cm³/mol. The molecule has 2 aromatic heterocycles. The molecule has 22 heavy (non-hydrogen) atoms. The smallest absolute Gasteiger partial charge is 0.135 e. The molecule has 3 heterocycles. The molecule has 5 nitrogen and oxygen atoms in total. The van der Waals surface area contributed by atoms with Crippen LogP contribution in [-0.2, 0) is 0 Å². The fourth-order valence-electron chi connectivity index (χ4n) is 2.85. The topological polar surface area (TPSA) is 51.1 Å². The summed E-state index contributed by atoms with van der Waals surface area (Å²) in [7, 11) is 0. The number of nitrogens with zero attached hydrogens (tertiary/aromatic N) is 4. The zero-order valence-electron chi connectivity index (χ0n) is 13.4. The fraction of sp³-hybridized carbons (Fsp3) is 0.471. The normalized spacial score (nSPS) is 15.9. The van der Waals surface area contributed by atoms with Crippen LogP contribution in [0.15, 0.2) is 24.5 Å². The van der Waals surface area contributed by atoms with E-state index in [1.807, 2.05) is 26.0 Å². The minimum absolute atomic E-state index is 0.267. The van der Waals surface area contributed by atoms with Gasteiger partial charge in [-0.15, -0.1) is 0 Å². The molecule has 2 aromatic rings. The van der Waals surface area contributed by atoms with E-state index in [0.29, 0.717) is 0 Å². The van der Waals surface area contributed by atoms with Crippen molar-refractivity contribution in [1.29, 1.82) is 0 Å². The molecular formula is C17H22N4O. The highest BCUT2D eigenvalue weighted by Gasteiger charge is 2.23. The summed E-state index contributed by atoms with van der Waals surface area (Å²) in [5, 5.41) is 0. The number of rotatable bonds is 3. The molecule has 0 bridgehead atoms. The quantitative estimate of drug-likeness (QED) is 0.872. The minimum atomic E-state index is 0.267. The van der Waals surface area contributed by atoms with Crippen molar-refractivity contribution in [2.24, 2.45) is 0 Å². The Morgan fingerprint density at radius 3 is 2.41 bits per heavy atom. The van der Waals surface area contributed by atoms with Gasteiger partial charge >= 0.3 is 0 Å². The van der Waals surface area contributed by atoms with Gasteiger partial charge in [-0.1, -0.05) is 0 Å². The lowest BCUT2D eigenvalue weighted by Gasteiger charge is -2.34. The van der Waals surface area contributed by atoms with Crippen LogP contribution in [0.3, 0.4) is 0 Å². The molecule has 0 aromatic carbocycles. The molecule has 0 saturated carbocycles.